The first-order chi connectivity index (χ1) is 19.8. The molecular formula is C30H36N2O11. The third kappa shape index (κ3) is 5.06. The summed E-state index contributed by atoms with van der Waals surface area (Å²) in [6, 6.07) is 2.90. The van der Waals surface area contributed by atoms with Crippen LogP contribution < -0.4 is 5.73 Å². The molecule has 0 spiro atoms. The molecule has 4 rings (SSSR count). The van der Waals surface area contributed by atoms with Crippen molar-refractivity contribution < 1.29 is 53.9 Å². The Kier molecular flexibility index (Phi) is 7.96. The molecule has 43 heavy (non-hydrogen) atoms. The highest BCUT2D eigenvalue weighted by Gasteiger charge is 2.69. The number of nitrogens with two attached hydrogens (primary N) is 1. The lowest BCUT2D eigenvalue weighted by Gasteiger charge is -2.54. The number of likely N-dealkylation sites (N-methyl/N-ethyl adjacent to an activating group) is 1. The summed E-state index contributed by atoms with van der Waals surface area (Å²) in [4.78, 5) is 66.9. The van der Waals surface area contributed by atoms with Crippen molar-refractivity contribution in [3.8, 4) is 5.75 Å². The Hall–Kier alpha value is -4.23. The second kappa shape index (κ2) is 10.8. The molecule has 1 saturated carbocycles. The number of amides is 1. The van der Waals surface area contributed by atoms with Gasteiger partial charge in [0.1, 0.15) is 34.5 Å². The first-order valence-corrected chi connectivity index (χ1v) is 13.7. The second-order valence-corrected chi connectivity index (χ2v) is 12.3. The highest BCUT2D eigenvalue weighted by molar-refractivity contribution is 6.24. The number of phenolic OH excluding ortho intramolecular Hbond substituents is 1. The summed E-state index contributed by atoms with van der Waals surface area (Å²) in [5.41, 5.74) is 0.334. The molecule has 0 unspecified atom stereocenters. The summed E-state index contributed by atoms with van der Waals surface area (Å²) in [5.74, 6) is -11.3. The van der Waals surface area contributed by atoms with Crippen LogP contribution in [0.5, 0.6) is 5.75 Å². The third-order valence-electron chi connectivity index (χ3n) is 8.19. The maximum atomic E-state index is 14.2. The second-order valence-electron chi connectivity index (χ2n) is 12.3. The number of rotatable bonds is 6. The minimum atomic E-state index is -3.05. The van der Waals surface area contributed by atoms with Crippen LogP contribution in [0.2, 0.25) is 0 Å². The summed E-state index contributed by atoms with van der Waals surface area (Å²) < 4.78 is 11.1. The Bertz CT molecular complexity index is 1480. The molecule has 0 aliphatic heterocycles. The van der Waals surface area contributed by atoms with Gasteiger partial charge in [-0.1, -0.05) is 19.1 Å². The number of nitrogens with zero attached hydrogens (tertiary/aromatic N) is 1. The van der Waals surface area contributed by atoms with Gasteiger partial charge in [-0.15, -0.1) is 0 Å². The Balaban J connectivity index is 1.93. The lowest BCUT2D eigenvalue weighted by Crippen LogP contribution is -2.71. The van der Waals surface area contributed by atoms with Gasteiger partial charge in [0.25, 0.3) is 5.91 Å². The molecule has 13 heteroatoms. The number of carbonyl (C=O) groups excluding carboxylic acids is 5. The number of aliphatic hydroxyl groups excluding tert-OH is 2. The van der Waals surface area contributed by atoms with Crippen molar-refractivity contribution in [1.82, 2.24) is 4.90 Å². The fourth-order valence-corrected chi connectivity index (χ4v) is 6.50. The smallest absolute Gasteiger partial charge is 0.306 e. The van der Waals surface area contributed by atoms with Gasteiger partial charge in [-0.3, -0.25) is 28.9 Å². The van der Waals surface area contributed by atoms with E-state index in [0.717, 1.165) is 0 Å². The number of carbonyl (C=O) groups is 5. The van der Waals surface area contributed by atoms with Gasteiger partial charge >= 0.3 is 11.9 Å². The molecule has 13 nitrogen and oxygen atoms in total. The largest absolute Gasteiger partial charge is 0.508 e. The Morgan fingerprint density at radius 3 is 2.21 bits per heavy atom. The van der Waals surface area contributed by atoms with Gasteiger partial charge in [0.05, 0.1) is 30.4 Å². The lowest BCUT2D eigenvalue weighted by atomic mass is 9.54. The molecular weight excluding hydrogens is 564 g/mol. The van der Waals surface area contributed by atoms with Crippen LogP contribution in [0, 0.1) is 11.8 Å². The van der Waals surface area contributed by atoms with E-state index in [2.05, 4.69) is 0 Å². The van der Waals surface area contributed by atoms with Gasteiger partial charge in [-0.25, -0.2) is 0 Å². The summed E-state index contributed by atoms with van der Waals surface area (Å²) in [6.45, 7) is 6.62. The van der Waals surface area contributed by atoms with E-state index in [1.54, 1.807) is 33.8 Å². The molecule has 0 bridgehead atoms. The monoisotopic (exact) mass is 600 g/mol. The number of ether oxygens (including phenoxy) is 2. The number of Topliss-reactive ketones (excluding diaryl/α,β-unsaturated/α-hetero) is 2. The van der Waals surface area contributed by atoms with Crippen molar-refractivity contribution in [3.05, 3.63) is 46.2 Å². The maximum Gasteiger partial charge on any atom is 0.306 e. The van der Waals surface area contributed by atoms with Crippen LogP contribution in [0.25, 0.3) is 5.76 Å². The number of benzene rings is 1. The number of hydrogen-bond acceptors (Lipinski definition) is 12. The van der Waals surface area contributed by atoms with E-state index in [1.165, 1.54) is 31.1 Å². The predicted molar refractivity (Wildman–Crippen MR) is 149 cm³/mol. The lowest BCUT2D eigenvalue weighted by molar-refractivity contribution is -0.186. The molecule has 0 saturated heterocycles. The third-order valence-corrected chi connectivity index (χ3v) is 8.19. The highest BCUT2D eigenvalue weighted by atomic mass is 16.6. The normalized spacial score (nSPS) is 28.7. The van der Waals surface area contributed by atoms with Crippen LogP contribution >= 0.6 is 0 Å². The number of aromatic hydroxyl groups is 1. The maximum absolute atomic E-state index is 14.2. The molecule has 1 amide bonds. The molecule has 1 fully saturated rings. The fraction of sp³-hybridized carbons (Fsp3) is 0.500. The van der Waals surface area contributed by atoms with Crippen LogP contribution in [-0.2, 0) is 33.4 Å². The fourth-order valence-electron chi connectivity index (χ4n) is 6.50. The van der Waals surface area contributed by atoms with Crippen LogP contribution in [0.3, 0.4) is 0 Å². The molecule has 3 aliphatic carbocycles. The quantitative estimate of drug-likeness (QED) is 0.230. The average molecular weight is 601 g/mol. The number of phenols is 1. The van der Waals surface area contributed by atoms with Crippen molar-refractivity contribution in [3.63, 3.8) is 0 Å². The minimum absolute atomic E-state index is 0.0960. The van der Waals surface area contributed by atoms with Gasteiger partial charge in [-0.05, 0) is 52.4 Å². The molecule has 0 radical (unpaired) electrons. The minimum Gasteiger partial charge on any atom is -0.508 e. The number of fused-ring (bicyclic) bond motifs is 3. The summed E-state index contributed by atoms with van der Waals surface area (Å²) in [5, 5.41) is 45.2. The number of esters is 2. The molecule has 6 N–H and O–H groups in total. The zero-order chi connectivity index (χ0) is 32.3. The highest BCUT2D eigenvalue weighted by Crippen LogP contribution is 2.56. The first kappa shape index (κ1) is 31.7. The first-order valence-electron chi connectivity index (χ1n) is 13.7. The van der Waals surface area contributed by atoms with Crippen LogP contribution in [-0.4, -0.2) is 92.2 Å². The zero-order valence-corrected chi connectivity index (χ0v) is 24.7. The summed E-state index contributed by atoms with van der Waals surface area (Å²) in [7, 11) is 2.85. The SMILES string of the molecule is C[C@H]1c2cccc(O)c2C(O)=C2C(=O)[C@]3(O)C(O)=C(C(N)=O)C(=O)[C@@H](N(C)C)[C@@H]3[C@@H](OC(=O)CCC(=O)OC(C)(C)C)[C@@H]21. The number of ketones is 2. The van der Waals surface area contributed by atoms with Gasteiger partial charge in [0.2, 0.25) is 5.78 Å². The van der Waals surface area contributed by atoms with Crippen LogP contribution in [0.1, 0.15) is 57.6 Å². The van der Waals surface area contributed by atoms with Gasteiger partial charge < -0.3 is 35.6 Å². The van der Waals surface area contributed by atoms with Crippen LogP contribution in [0.4, 0.5) is 0 Å². The molecule has 0 heterocycles. The van der Waals surface area contributed by atoms with E-state index in [4.69, 9.17) is 15.2 Å². The summed E-state index contributed by atoms with van der Waals surface area (Å²) in [6.07, 6.45) is -2.40. The van der Waals surface area contributed by atoms with E-state index >= 15 is 0 Å². The number of primary amides is 1. The van der Waals surface area contributed by atoms with E-state index < -0.39 is 99.6 Å². The number of hydrogen-bond donors (Lipinski definition) is 5. The van der Waals surface area contributed by atoms with E-state index in [0.29, 0.717) is 5.56 Å². The average Bonchev–Trinajstić information content (AvgIpc) is 2.87. The van der Waals surface area contributed by atoms with E-state index in [9.17, 15) is 44.4 Å². The van der Waals surface area contributed by atoms with Crippen molar-refractivity contribution in [2.45, 2.75) is 69.8 Å². The van der Waals surface area contributed by atoms with E-state index in [1.807, 2.05) is 0 Å². The molecule has 3 aliphatic rings. The number of aliphatic hydroxyl groups is 3. The standard InChI is InChI=1S/C30H36N2O11/c1-12-13-8-7-9-14(33)18(13)23(36)19-17(12)25(42-15(34)10-11-16(35)43-29(2,3)4)21-22(32(5)6)24(37)20(28(31)40)27(39)30(21,41)26(19)38/h7-9,12,17,21-22,25,33,36,39,41H,10-11H2,1-6H3,(H2,31,40)/t12-,17+,21+,22-,25-,30-/m0/s1. The van der Waals surface area contributed by atoms with Gasteiger partial charge in [0.15, 0.2) is 11.4 Å². The molecule has 1 aromatic rings. The van der Waals surface area contributed by atoms with Crippen molar-refractivity contribution in [2.24, 2.45) is 17.6 Å². The van der Waals surface area contributed by atoms with Crippen molar-refractivity contribution in [2.75, 3.05) is 14.1 Å². The Morgan fingerprint density at radius 2 is 1.65 bits per heavy atom. The molecule has 0 aromatic heterocycles. The van der Waals surface area contributed by atoms with Crippen LogP contribution in [0.15, 0.2) is 35.1 Å². The molecule has 232 valence electrons. The molecule has 1 aromatic carbocycles. The summed E-state index contributed by atoms with van der Waals surface area (Å²) >= 11 is 0. The predicted octanol–water partition coefficient (Wildman–Crippen LogP) is 1.17. The van der Waals surface area contributed by atoms with E-state index in [-0.39, 0.29) is 17.7 Å². The Labute approximate surface area is 247 Å². The topological polar surface area (TPSA) is 214 Å². The Morgan fingerprint density at radius 1 is 1.05 bits per heavy atom. The van der Waals surface area contributed by atoms with Gasteiger partial charge in [-0.2, -0.15) is 0 Å². The molecule has 6 atom stereocenters. The van der Waals surface area contributed by atoms with Gasteiger partial charge in [0, 0.05) is 11.5 Å². The zero-order valence-electron chi connectivity index (χ0n) is 24.7. The van der Waals surface area contributed by atoms with Crippen molar-refractivity contribution >= 4 is 35.2 Å². The van der Waals surface area contributed by atoms with Crippen molar-refractivity contribution in [1.29, 1.82) is 0 Å².